The molecule has 1 heterocycles. The maximum Gasteiger partial charge on any atom is 0.337 e. The number of hydrogen-bond donors (Lipinski definition) is 4. The van der Waals surface area contributed by atoms with Crippen LogP contribution in [0.5, 0.6) is 17.2 Å². The number of aliphatic hydroxyl groups excluding tert-OH is 1. The zero-order valence-corrected chi connectivity index (χ0v) is 27.1. The van der Waals surface area contributed by atoms with Crippen LogP contribution in [0.25, 0.3) is 0 Å². The zero-order valence-electron chi connectivity index (χ0n) is 24.2. The van der Waals surface area contributed by atoms with Crippen molar-refractivity contribution in [1.29, 1.82) is 0 Å². The number of rotatable bonds is 13. The number of carbonyl (C=O) groups is 2. The average Bonchev–Trinajstić information content (AvgIpc) is 3.00. The van der Waals surface area contributed by atoms with Crippen LogP contribution < -0.4 is 30.3 Å². The Hall–Kier alpha value is -4.01. The monoisotopic (exact) mass is 734 g/mol. The fraction of sp³-hybridized carbons (Fsp3) is 0.258. The highest BCUT2D eigenvalue weighted by molar-refractivity contribution is 14.1. The number of halogens is 2. The Balaban J connectivity index is 1.35. The summed E-state index contributed by atoms with van der Waals surface area (Å²) in [6.07, 6.45) is 0.448. The Morgan fingerprint density at radius 3 is 2.61 bits per heavy atom. The van der Waals surface area contributed by atoms with Gasteiger partial charge in [-0.3, -0.25) is 5.43 Å². The molecular weight excluding hydrogens is 703 g/mol. The number of nitrogens with zero attached hydrogens (tertiary/aromatic N) is 1. The molecule has 3 aromatic carbocycles. The fourth-order valence-electron chi connectivity index (χ4n) is 4.31. The Bertz CT molecular complexity index is 1570. The molecule has 0 saturated heterocycles. The first kappa shape index (κ1) is 32.9. The van der Waals surface area contributed by atoms with E-state index in [1.807, 2.05) is 49.4 Å². The largest absolute Gasteiger partial charge is 0.490 e. The van der Waals surface area contributed by atoms with Gasteiger partial charge in [-0.25, -0.2) is 9.59 Å². The molecule has 44 heavy (non-hydrogen) atoms. The molecule has 0 spiro atoms. The van der Waals surface area contributed by atoms with Crippen LogP contribution >= 0.6 is 34.2 Å². The van der Waals surface area contributed by atoms with Gasteiger partial charge in [-0.2, -0.15) is 5.10 Å². The van der Waals surface area contributed by atoms with Crippen molar-refractivity contribution in [2.75, 3.05) is 20.3 Å². The number of aliphatic hydroxyl groups is 1. The number of esters is 1. The number of hydrazone groups is 1. The molecule has 0 fully saturated rings. The van der Waals surface area contributed by atoms with E-state index in [0.29, 0.717) is 41.0 Å². The van der Waals surface area contributed by atoms with E-state index < -0.39 is 24.3 Å². The quantitative estimate of drug-likeness (QED) is 0.0630. The Morgan fingerprint density at radius 2 is 1.89 bits per heavy atom. The summed E-state index contributed by atoms with van der Waals surface area (Å²) in [5, 5.41) is 20.5. The van der Waals surface area contributed by atoms with Crippen molar-refractivity contribution in [1.82, 2.24) is 16.1 Å². The van der Waals surface area contributed by atoms with E-state index in [2.05, 4.69) is 43.8 Å². The first-order valence-corrected chi connectivity index (χ1v) is 15.0. The smallest absolute Gasteiger partial charge is 0.337 e. The predicted octanol–water partition coefficient (Wildman–Crippen LogP) is 5.04. The van der Waals surface area contributed by atoms with E-state index in [9.17, 15) is 14.7 Å². The van der Waals surface area contributed by atoms with Crippen LogP contribution in [-0.2, 0) is 16.1 Å². The molecule has 1 aliphatic heterocycles. The molecule has 13 heteroatoms. The summed E-state index contributed by atoms with van der Waals surface area (Å²) in [7, 11) is 1.28. The minimum absolute atomic E-state index is 0.139. The lowest BCUT2D eigenvalue weighted by molar-refractivity contribution is -0.136. The molecule has 4 N–H and O–H groups in total. The first-order valence-electron chi connectivity index (χ1n) is 13.6. The summed E-state index contributed by atoms with van der Waals surface area (Å²) in [4.78, 5) is 24.6. The number of ether oxygens (including phenoxy) is 4. The van der Waals surface area contributed by atoms with Crippen LogP contribution in [0.1, 0.15) is 36.6 Å². The van der Waals surface area contributed by atoms with E-state index >= 15 is 0 Å². The van der Waals surface area contributed by atoms with Crippen LogP contribution in [0, 0.1) is 3.57 Å². The van der Waals surface area contributed by atoms with Crippen molar-refractivity contribution in [3.05, 3.63) is 97.2 Å². The van der Waals surface area contributed by atoms with Gasteiger partial charge in [0.1, 0.15) is 19.0 Å². The number of hydrogen-bond acceptors (Lipinski definition) is 9. The van der Waals surface area contributed by atoms with Gasteiger partial charge in [0.15, 0.2) is 17.7 Å². The summed E-state index contributed by atoms with van der Waals surface area (Å²) >= 11 is 8.39. The topological polar surface area (TPSA) is 140 Å². The van der Waals surface area contributed by atoms with Crippen LogP contribution in [0.3, 0.4) is 0 Å². The third-order valence-corrected chi connectivity index (χ3v) is 7.62. The van der Waals surface area contributed by atoms with Gasteiger partial charge in [-0.1, -0.05) is 35.9 Å². The molecule has 4 rings (SSSR count). The van der Waals surface area contributed by atoms with Gasteiger partial charge in [0.25, 0.3) is 0 Å². The van der Waals surface area contributed by atoms with Gasteiger partial charge >= 0.3 is 12.0 Å². The van der Waals surface area contributed by atoms with Gasteiger partial charge in [0, 0.05) is 16.3 Å². The first-order chi connectivity index (χ1) is 21.2. The molecule has 0 aliphatic carbocycles. The van der Waals surface area contributed by atoms with E-state index in [0.717, 1.165) is 20.4 Å². The molecule has 0 radical (unpaired) electrons. The molecule has 0 saturated carbocycles. The van der Waals surface area contributed by atoms with Crippen molar-refractivity contribution in [3.63, 3.8) is 0 Å². The van der Waals surface area contributed by atoms with Crippen LogP contribution in [0.15, 0.2) is 77.0 Å². The number of nitrogens with one attached hydrogen (secondary N) is 3. The van der Waals surface area contributed by atoms with Crippen LogP contribution in [0.4, 0.5) is 4.79 Å². The van der Waals surface area contributed by atoms with Gasteiger partial charge < -0.3 is 34.7 Å². The summed E-state index contributed by atoms with van der Waals surface area (Å²) < 4.78 is 23.3. The second kappa shape index (κ2) is 15.6. The predicted molar refractivity (Wildman–Crippen MR) is 174 cm³/mol. The van der Waals surface area contributed by atoms with Crippen molar-refractivity contribution in [2.45, 2.75) is 32.7 Å². The van der Waals surface area contributed by atoms with Crippen molar-refractivity contribution in [2.24, 2.45) is 5.10 Å². The highest BCUT2D eigenvalue weighted by Crippen LogP contribution is 2.35. The lowest BCUT2D eigenvalue weighted by atomic mass is 9.95. The highest BCUT2D eigenvalue weighted by atomic mass is 127. The van der Waals surface area contributed by atoms with Crippen molar-refractivity contribution < 1.29 is 33.6 Å². The lowest BCUT2D eigenvalue weighted by Gasteiger charge is -2.28. The number of amides is 2. The number of carbonyl (C=O) groups excluding carboxylic acids is 2. The fourth-order valence-corrected chi connectivity index (χ4v) is 5.19. The summed E-state index contributed by atoms with van der Waals surface area (Å²) in [6.45, 7) is 4.00. The number of urea groups is 1. The van der Waals surface area contributed by atoms with Gasteiger partial charge in [-0.05, 0) is 84.0 Å². The molecule has 0 bridgehead atoms. The Morgan fingerprint density at radius 1 is 1.11 bits per heavy atom. The minimum Gasteiger partial charge on any atom is -0.490 e. The van der Waals surface area contributed by atoms with Crippen LogP contribution in [-0.4, -0.2) is 49.9 Å². The van der Waals surface area contributed by atoms with E-state index in [1.165, 1.54) is 7.11 Å². The molecular formula is C31H32ClIN4O7. The summed E-state index contributed by atoms with van der Waals surface area (Å²) in [5.74, 6) is 0.889. The summed E-state index contributed by atoms with van der Waals surface area (Å²) in [5.41, 5.74) is 5.59. The molecule has 2 atom stereocenters. The van der Waals surface area contributed by atoms with Gasteiger partial charge in [-0.15, -0.1) is 0 Å². The number of methoxy groups -OCH3 is 1. The molecule has 232 valence electrons. The van der Waals surface area contributed by atoms with Gasteiger partial charge in [0.2, 0.25) is 0 Å². The number of benzene rings is 3. The molecule has 3 aromatic rings. The second-order valence-corrected chi connectivity index (χ2v) is 11.1. The number of allylic oxidation sites excluding steroid dienone is 1. The molecule has 0 aromatic heterocycles. The maximum absolute atomic E-state index is 12.4. The molecule has 0 unspecified atom stereocenters. The maximum atomic E-state index is 12.4. The third kappa shape index (κ3) is 8.55. The highest BCUT2D eigenvalue weighted by Gasteiger charge is 2.32. The second-order valence-electron chi connectivity index (χ2n) is 9.48. The van der Waals surface area contributed by atoms with Gasteiger partial charge in [0.05, 0.1) is 35.1 Å². The van der Waals surface area contributed by atoms with Crippen LogP contribution in [0.2, 0.25) is 5.02 Å². The van der Waals surface area contributed by atoms with E-state index in [1.54, 1.807) is 31.3 Å². The van der Waals surface area contributed by atoms with E-state index in [4.69, 9.17) is 30.5 Å². The molecule has 2 amide bonds. The standard InChI is InChI=1S/C31H32ClIN4O7/c1-4-42-26-14-20(29-28(30(39)41-3)18(2)35-31(40)36-29)10-12-25(26)44-17-27(38)37-34-15-19-9-11-24(23(33)13-19)43-16-21-7-5-6-8-22(21)32/h5-15,27,29,37-38H,4,16-17H2,1-3H3,(H2,35,36,40)/b34-15-/t27-,29+/m1/s1. The Kier molecular flexibility index (Phi) is 11.7. The van der Waals surface area contributed by atoms with Crippen molar-refractivity contribution in [3.8, 4) is 17.2 Å². The molecule has 1 aliphatic rings. The zero-order chi connectivity index (χ0) is 31.6. The lowest BCUT2D eigenvalue weighted by Crippen LogP contribution is -2.45. The SMILES string of the molecule is CCOc1cc([C@@H]2NC(=O)NC(C)=C2C(=O)OC)ccc1OC[C@@H](O)N/N=C\c1ccc(OCc2ccccc2Cl)c(I)c1. The third-order valence-electron chi connectivity index (χ3n) is 6.41. The minimum atomic E-state index is -1.13. The summed E-state index contributed by atoms with van der Waals surface area (Å²) in [6, 6.07) is 16.9. The average molecular weight is 735 g/mol. The molecule has 11 nitrogen and oxygen atoms in total. The van der Waals surface area contributed by atoms with Crippen molar-refractivity contribution >= 4 is 52.4 Å². The van der Waals surface area contributed by atoms with E-state index in [-0.39, 0.29) is 12.2 Å². The Labute approximate surface area is 273 Å². The normalized spacial score (nSPS) is 15.3.